The van der Waals surface area contributed by atoms with Crippen LogP contribution < -0.4 is 4.74 Å². The minimum Gasteiger partial charge on any atom is -0.507 e. The number of nitrogens with zero attached hydrogens (tertiary/aromatic N) is 1. The van der Waals surface area contributed by atoms with E-state index in [9.17, 15) is 9.90 Å². The van der Waals surface area contributed by atoms with Gasteiger partial charge >= 0.3 is 0 Å². The minimum atomic E-state index is -0.143. The zero-order valence-electron chi connectivity index (χ0n) is 16.2. The number of hydrogen-bond acceptors (Lipinski definition) is 3. The second-order valence-corrected chi connectivity index (χ2v) is 7.37. The Kier molecular flexibility index (Phi) is 4.13. The molecule has 4 heteroatoms. The molecule has 1 aliphatic carbocycles. The molecule has 0 radical (unpaired) electrons. The molecule has 144 valence electrons. The normalized spacial score (nSPS) is 12.2. The Labute approximate surface area is 169 Å². The van der Waals surface area contributed by atoms with Crippen molar-refractivity contribution in [3.8, 4) is 28.4 Å². The van der Waals surface area contributed by atoms with Crippen molar-refractivity contribution in [3.05, 3.63) is 78.0 Å². The van der Waals surface area contributed by atoms with Gasteiger partial charge in [-0.3, -0.25) is 4.79 Å². The fourth-order valence-corrected chi connectivity index (χ4v) is 4.15. The summed E-state index contributed by atoms with van der Waals surface area (Å²) < 4.78 is 8.32. The second-order valence-electron chi connectivity index (χ2n) is 7.37. The summed E-state index contributed by atoms with van der Waals surface area (Å²) in [4.78, 5) is 13.2. The molecule has 0 atom stereocenters. The van der Waals surface area contributed by atoms with Gasteiger partial charge in [-0.15, -0.1) is 0 Å². The number of aryl methyl sites for hydroxylation is 1. The van der Waals surface area contributed by atoms with Gasteiger partial charge in [0.05, 0.1) is 11.1 Å². The molecular formula is C25H21NO3. The zero-order valence-corrected chi connectivity index (χ0v) is 16.2. The van der Waals surface area contributed by atoms with Crippen LogP contribution in [0.15, 0.2) is 66.9 Å². The van der Waals surface area contributed by atoms with Gasteiger partial charge in [-0.2, -0.15) is 0 Å². The van der Waals surface area contributed by atoms with Crippen molar-refractivity contribution in [2.75, 3.05) is 0 Å². The Morgan fingerprint density at radius 2 is 1.69 bits per heavy atom. The molecule has 1 heterocycles. The van der Waals surface area contributed by atoms with Crippen molar-refractivity contribution >= 4 is 16.7 Å². The summed E-state index contributed by atoms with van der Waals surface area (Å²) in [5.41, 5.74) is 3.72. The number of para-hydroxylation sites is 1. The first-order valence-corrected chi connectivity index (χ1v) is 9.95. The Balaban J connectivity index is 1.82. The van der Waals surface area contributed by atoms with Crippen LogP contribution in [0.1, 0.15) is 35.7 Å². The lowest BCUT2D eigenvalue weighted by Crippen LogP contribution is -2.09. The molecule has 0 aliphatic heterocycles. The molecule has 1 aliphatic rings. The van der Waals surface area contributed by atoms with Crippen LogP contribution >= 0.6 is 0 Å². The number of aromatic nitrogens is 1. The number of hydrogen-bond donors (Lipinski definition) is 1. The van der Waals surface area contributed by atoms with Gasteiger partial charge in [0.2, 0.25) is 0 Å². The number of unbranched alkanes of at least 4 members (excludes halogenated alkanes) is 1. The topological polar surface area (TPSA) is 51.5 Å². The number of ketones is 1. The Morgan fingerprint density at radius 1 is 0.966 bits per heavy atom. The predicted octanol–water partition coefficient (Wildman–Crippen LogP) is 6.15. The number of carbonyl (C=O) groups is 1. The van der Waals surface area contributed by atoms with E-state index >= 15 is 0 Å². The van der Waals surface area contributed by atoms with Gasteiger partial charge in [0.1, 0.15) is 11.5 Å². The third kappa shape index (κ3) is 2.71. The van der Waals surface area contributed by atoms with E-state index in [1.165, 1.54) is 0 Å². The number of phenolic OH excluding ortho intramolecular Hbond substituents is 1. The summed E-state index contributed by atoms with van der Waals surface area (Å²) in [6, 6.07) is 18.7. The number of aromatic hydroxyl groups is 1. The maximum atomic E-state index is 13.2. The molecule has 0 saturated carbocycles. The van der Waals surface area contributed by atoms with Gasteiger partial charge in [-0.25, -0.2) is 0 Å². The largest absolute Gasteiger partial charge is 0.507 e. The lowest BCUT2D eigenvalue weighted by atomic mass is 9.85. The SMILES string of the molecule is CCCCn1cc2c3c(c(O)cc(Oc4ccccc4)c31)C(=O)c1ccccc1-2. The highest BCUT2D eigenvalue weighted by molar-refractivity contribution is 6.27. The maximum absolute atomic E-state index is 13.2. The molecule has 0 fully saturated rings. The third-order valence-corrected chi connectivity index (χ3v) is 5.50. The molecule has 0 amide bonds. The molecule has 5 rings (SSSR count). The molecule has 4 aromatic rings. The second kappa shape index (κ2) is 6.82. The standard InChI is InChI=1S/C25H21NO3/c1-2-3-13-26-15-19-17-11-7-8-12-18(17)25(28)23-20(27)14-21(24(26)22(19)23)29-16-9-5-4-6-10-16/h4-12,14-15,27H,2-3,13H2,1H3. The summed E-state index contributed by atoms with van der Waals surface area (Å²) in [6.07, 6.45) is 4.16. The Bertz CT molecular complexity index is 1240. The first-order valence-electron chi connectivity index (χ1n) is 9.95. The molecule has 1 aromatic heterocycles. The van der Waals surface area contributed by atoms with Crippen LogP contribution in [0.3, 0.4) is 0 Å². The minimum absolute atomic E-state index is 0.0441. The van der Waals surface area contributed by atoms with Crippen molar-refractivity contribution in [1.82, 2.24) is 4.57 Å². The number of carbonyl (C=O) groups excluding carboxylic acids is 1. The van der Waals surface area contributed by atoms with Gasteiger partial charge in [0, 0.05) is 35.3 Å². The highest BCUT2D eigenvalue weighted by Gasteiger charge is 2.31. The Hall–Kier alpha value is -3.53. The predicted molar refractivity (Wildman–Crippen MR) is 114 cm³/mol. The van der Waals surface area contributed by atoms with Crippen LogP contribution in [0.2, 0.25) is 0 Å². The van der Waals surface area contributed by atoms with Gasteiger partial charge in [-0.05, 0) is 24.1 Å². The number of rotatable bonds is 5. The van der Waals surface area contributed by atoms with Gasteiger partial charge in [0.25, 0.3) is 0 Å². The molecule has 0 spiro atoms. The van der Waals surface area contributed by atoms with E-state index in [4.69, 9.17) is 4.74 Å². The quantitative estimate of drug-likeness (QED) is 0.396. The van der Waals surface area contributed by atoms with Crippen molar-refractivity contribution in [2.24, 2.45) is 0 Å². The van der Waals surface area contributed by atoms with Crippen LogP contribution in [0.5, 0.6) is 17.2 Å². The fraction of sp³-hybridized carbons (Fsp3) is 0.160. The van der Waals surface area contributed by atoms with Crippen molar-refractivity contribution in [3.63, 3.8) is 0 Å². The van der Waals surface area contributed by atoms with E-state index in [0.717, 1.165) is 41.4 Å². The van der Waals surface area contributed by atoms with Crippen molar-refractivity contribution in [2.45, 2.75) is 26.3 Å². The summed E-state index contributed by atoms with van der Waals surface area (Å²) in [6.45, 7) is 2.97. The number of fused-ring (bicyclic) bond motifs is 2. The van der Waals surface area contributed by atoms with Crippen LogP contribution in [0.4, 0.5) is 0 Å². The molecular weight excluding hydrogens is 362 g/mol. The van der Waals surface area contributed by atoms with E-state index in [1.54, 1.807) is 6.07 Å². The van der Waals surface area contributed by atoms with E-state index in [2.05, 4.69) is 17.7 Å². The summed E-state index contributed by atoms with van der Waals surface area (Å²) >= 11 is 0. The smallest absolute Gasteiger partial charge is 0.198 e. The third-order valence-electron chi connectivity index (χ3n) is 5.50. The van der Waals surface area contributed by atoms with E-state index in [0.29, 0.717) is 22.6 Å². The lowest BCUT2D eigenvalue weighted by molar-refractivity contribution is 0.103. The maximum Gasteiger partial charge on any atom is 0.198 e. The number of benzene rings is 3. The molecule has 1 N–H and O–H groups in total. The van der Waals surface area contributed by atoms with Gasteiger partial charge in [0.15, 0.2) is 11.5 Å². The first kappa shape index (κ1) is 17.6. The van der Waals surface area contributed by atoms with Gasteiger partial charge in [-0.1, -0.05) is 55.8 Å². The lowest BCUT2D eigenvalue weighted by Gasteiger charge is -2.18. The molecule has 0 saturated heterocycles. The van der Waals surface area contributed by atoms with Crippen LogP contribution in [-0.2, 0) is 6.54 Å². The molecule has 0 bridgehead atoms. The van der Waals surface area contributed by atoms with Crippen LogP contribution in [0, 0.1) is 0 Å². The van der Waals surface area contributed by atoms with Crippen LogP contribution in [-0.4, -0.2) is 15.5 Å². The van der Waals surface area contributed by atoms with Gasteiger partial charge < -0.3 is 14.4 Å². The fourth-order valence-electron chi connectivity index (χ4n) is 4.15. The highest BCUT2D eigenvalue weighted by Crippen LogP contribution is 2.48. The molecule has 29 heavy (non-hydrogen) atoms. The molecule has 3 aromatic carbocycles. The van der Waals surface area contributed by atoms with Crippen molar-refractivity contribution < 1.29 is 14.6 Å². The zero-order chi connectivity index (χ0) is 20.0. The van der Waals surface area contributed by atoms with E-state index < -0.39 is 0 Å². The summed E-state index contributed by atoms with van der Waals surface area (Å²) in [5.74, 6) is 1.06. The van der Waals surface area contributed by atoms with E-state index in [1.807, 2.05) is 54.6 Å². The van der Waals surface area contributed by atoms with E-state index in [-0.39, 0.29) is 11.5 Å². The highest BCUT2D eigenvalue weighted by atomic mass is 16.5. The Morgan fingerprint density at radius 3 is 2.45 bits per heavy atom. The molecule has 0 unspecified atom stereocenters. The average molecular weight is 383 g/mol. The number of phenols is 1. The monoisotopic (exact) mass is 383 g/mol. The molecule has 4 nitrogen and oxygen atoms in total. The first-order chi connectivity index (χ1) is 14.2. The van der Waals surface area contributed by atoms with Crippen molar-refractivity contribution in [1.29, 1.82) is 0 Å². The average Bonchev–Trinajstić information content (AvgIpc) is 3.12. The summed E-state index contributed by atoms with van der Waals surface area (Å²) in [5, 5.41) is 11.6. The summed E-state index contributed by atoms with van der Waals surface area (Å²) in [7, 11) is 0. The number of ether oxygens (including phenoxy) is 1. The van der Waals surface area contributed by atoms with Crippen LogP contribution in [0.25, 0.3) is 22.0 Å².